The summed E-state index contributed by atoms with van der Waals surface area (Å²) in [5.74, 6) is 1.80. The van der Waals surface area contributed by atoms with Gasteiger partial charge in [-0.2, -0.15) is 0 Å². The van der Waals surface area contributed by atoms with Crippen molar-refractivity contribution in [3.05, 3.63) is 0 Å². The molecule has 0 aliphatic heterocycles. The molecule has 2 aliphatic rings. The van der Waals surface area contributed by atoms with Gasteiger partial charge in [-0.05, 0) is 57.8 Å². The van der Waals surface area contributed by atoms with E-state index in [1.54, 1.807) is 0 Å². The number of rotatable bonds is 5. The smallest absolute Gasteiger partial charge is 0.191 e. The van der Waals surface area contributed by atoms with Gasteiger partial charge in [0, 0.05) is 12.6 Å². The summed E-state index contributed by atoms with van der Waals surface area (Å²) in [4.78, 5) is 4.58. The van der Waals surface area contributed by atoms with Gasteiger partial charge in [-0.3, -0.25) is 4.99 Å². The van der Waals surface area contributed by atoms with Gasteiger partial charge in [0.05, 0.1) is 12.1 Å². The van der Waals surface area contributed by atoms with Gasteiger partial charge < -0.3 is 15.7 Å². The predicted molar refractivity (Wildman–Crippen MR) is 99.4 cm³/mol. The maximum atomic E-state index is 10.1. The molecule has 2 fully saturated rings. The van der Waals surface area contributed by atoms with E-state index in [1.165, 1.54) is 32.1 Å². The fourth-order valence-corrected chi connectivity index (χ4v) is 3.20. The Hall–Kier alpha value is -0.0400. The van der Waals surface area contributed by atoms with Crippen LogP contribution in [0.15, 0.2) is 4.99 Å². The molecule has 2 saturated carbocycles. The molecule has 0 aromatic heterocycles. The van der Waals surface area contributed by atoms with Crippen LogP contribution < -0.4 is 10.6 Å². The summed E-state index contributed by atoms with van der Waals surface area (Å²) >= 11 is 0. The molecule has 0 aromatic rings. The Labute approximate surface area is 146 Å². The van der Waals surface area contributed by atoms with E-state index in [1.807, 2.05) is 0 Å². The molecule has 0 aromatic carbocycles. The third kappa shape index (κ3) is 5.93. The third-order valence-electron chi connectivity index (χ3n) is 4.92. The molecule has 0 saturated heterocycles. The number of halogens is 1. The Bertz CT molecular complexity index is 323. The van der Waals surface area contributed by atoms with Crippen molar-refractivity contribution in [3.63, 3.8) is 0 Å². The second-order valence-corrected chi connectivity index (χ2v) is 6.54. The van der Waals surface area contributed by atoms with E-state index >= 15 is 0 Å². The molecule has 0 unspecified atom stereocenters. The van der Waals surface area contributed by atoms with Gasteiger partial charge >= 0.3 is 0 Å². The van der Waals surface area contributed by atoms with Crippen molar-refractivity contribution in [2.45, 2.75) is 76.9 Å². The Morgan fingerprint density at radius 1 is 1.19 bits per heavy atom. The summed E-state index contributed by atoms with van der Waals surface area (Å²) < 4.78 is 0. The lowest BCUT2D eigenvalue weighted by molar-refractivity contribution is -0.0236. The summed E-state index contributed by atoms with van der Waals surface area (Å²) in [6, 6.07) is 0.548. The lowest BCUT2D eigenvalue weighted by Gasteiger charge is -2.35. The van der Waals surface area contributed by atoms with Crippen molar-refractivity contribution >= 4 is 29.9 Å². The van der Waals surface area contributed by atoms with E-state index in [4.69, 9.17) is 0 Å². The van der Waals surface area contributed by atoms with Crippen LogP contribution in [0.2, 0.25) is 0 Å². The van der Waals surface area contributed by atoms with Gasteiger partial charge in [-0.25, -0.2) is 0 Å². The highest BCUT2D eigenvalue weighted by Crippen LogP contribution is 2.31. The molecule has 5 heteroatoms. The Kier molecular flexibility index (Phi) is 8.31. The number of guanidine groups is 1. The number of nitrogens with zero attached hydrogens (tertiary/aromatic N) is 1. The van der Waals surface area contributed by atoms with E-state index in [2.05, 4.69) is 29.5 Å². The zero-order valence-corrected chi connectivity index (χ0v) is 15.9. The zero-order valence-electron chi connectivity index (χ0n) is 13.5. The Morgan fingerprint density at radius 3 is 2.33 bits per heavy atom. The van der Waals surface area contributed by atoms with Crippen LogP contribution in [-0.4, -0.2) is 35.8 Å². The van der Waals surface area contributed by atoms with E-state index in [0.29, 0.717) is 12.6 Å². The molecule has 0 radical (unpaired) electrons. The molecule has 0 bridgehead atoms. The molecule has 124 valence electrons. The number of hydrogen-bond donors (Lipinski definition) is 3. The number of aliphatic imine (C=N–C) groups is 1. The van der Waals surface area contributed by atoms with Crippen molar-refractivity contribution in [1.82, 2.24) is 10.6 Å². The van der Waals surface area contributed by atoms with E-state index < -0.39 is 5.60 Å². The first-order chi connectivity index (χ1) is 9.65. The first kappa shape index (κ1) is 19.0. The molecule has 2 aliphatic carbocycles. The molecule has 0 atom stereocenters. The highest BCUT2D eigenvalue weighted by Gasteiger charge is 2.34. The normalized spacial score (nSPS) is 28.2. The molecule has 0 amide bonds. The number of aliphatic hydroxyl groups is 1. The third-order valence-corrected chi connectivity index (χ3v) is 4.92. The fourth-order valence-electron chi connectivity index (χ4n) is 3.20. The van der Waals surface area contributed by atoms with Crippen molar-refractivity contribution in [2.24, 2.45) is 10.9 Å². The molecule has 21 heavy (non-hydrogen) atoms. The lowest BCUT2D eigenvalue weighted by atomic mass is 9.80. The van der Waals surface area contributed by atoms with Gasteiger partial charge in [0.15, 0.2) is 5.96 Å². The SMILES string of the molecule is CCNC(=NCC1(O)CCC1)NC1CCC(CC)CC1.I. The second kappa shape index (κ2) is 9.18. The first-order valence-electron chi connectivity index (χ1n) is 8.42. The van der Waals surface area contributed by atoms with Crippen LogP contribution in [0, 0.1) is 5.92 Å². The number of hydrogen-bond acceptors (Lipinski definition) is 2. The molecular weight excluding hydrogens is 377 g/mol. The van der Waals surface area contributed by atoms with Gasteiger partial charge in [0.1, 0.15) is 0 Å². The highest BCUT2D eigenvalue weighted by molar-refractivity contribution is 14.0. The average Bonchev–Trinajstić information content (AvgIpc) is 2.44. The monoisotopic (exact) mass is 409 g/mol. The quantitative estimate of drug-likeness (QED) is 0.372. The van der Waals surface area contributed by atoms with E-state index in [0.717, 1.165) is 37.7 Å². The second-order valence-electron chi connectivity index (χ2n) is 6.54. The van der Waals surface area contributed by atoms with Gasteiger partial charge in [0.2, 0.25) is 0 Å². The molecule has 4 nitrogen and oxygen atoms in total. The van der Waals surface area contributed by atoms with Gasteiger partial charge in [0.25, 0.3) is 0 Å². The Morgan fingerprint density at radius 2 is 1.86 bits per heavy atom. The van der Waals surface area contributed by atoms with Crippen molar-refractivity contribution in [1.29, 1.82) is 0 Å². The van der Waals surface area contributed by atoms with Crippen molar-refractivity contribution in [3.8, 4) is 0 Å². The van der Waals surface area contributed by atoms with Crippen molar-refractivity contribution in [2.75, 3.05) is 13.1 Å². The molecule has 0 heterocycles. The van der Waals surface area contributed by atoms with Gasteiger partial charge in [-0.15, -0.1) is 24.0 Å². The largest absolute Gasteiger partial charge is 0.388 e. The summed E-state index contributed by atoms with van der Waals surface area (Å²) in [6.45, 7) is 5.79. The molecule has 3 N–H and O–H groups in total. The maximum absolute atomic E-state index is 10.1. The zero-order chi connectivity index (χ0) is 14.4. The first-order valence-corrected chi connectivity index (χ1v) is 8.42. The lowest BCUT2D eigenvalue weighted by Crippen LogP contribution is -2.47. The molecule has 2 rings (SSSR count). The van der Waals surface area contributed by atoms with Crippen LogP contribution in [0.5, 0.6) is 0 Å². The van der Waals surface area contributed by atoms with Crippen LogP contribution in [0.25, 0.3) is 0 Å². The van der Waals surface area contributed by atoms with E-state index in [-0.39, 0.29) is 24.0 Å². The Balaban J connectivity index is 0.00000220. The molecular formula is C16H32IN3O. The van der Waals surface area contributed by atoms with Crippen LogP contribution in [-0.2, 0) is 0 Å². The van der Waals surface area contributed by atoms with E-state index in [9.17, 15) is 5.11 Å². The standard InChI is InChI=1S/C16H31N3O.HI/c1-3-13-6-8-14(9-7-13)19-15(17-4-2)18-12-16(20)10-5-11-16;/h13-14,20H,3-12H2,1-2H3,(H2,17,18,19);1H. The summed E-state index contributed by atoms with van der Waals surface area (Å²) in [5.41, 5.74) is -0.526. The molecule has 0 spiro atoms. The summed E-state index contributed by atoms with van der Waals surface area (Å²) in [6.07, 6.45) is 9.40. The summed E-state index contributed by atoms with van der Waals surface area (Å²) in [5, 5.41) is 17.0. The van der Waals surface area contributed by atoms with Crippen LogP contribution in [0.4, 0.5) is 0 Å². The highest BCUT2D eigenvalue weighted by atomic mass is 127. The van der Waals surface area contributed by atoms with Crippen LogP contribution in [0.1, 0.15) is 65.2 Å². The van der Waals surface area contributed by atoms with Gasteiger partial charge in [-0.1, -0.05) is 13.3 Å². The maximum Gasteiger partial charge on any atom is 0.191 e. The van der Waals surface area contributed by atoms with Crippen LogP contribution in [0.3, 0.4) is 0 Å². The van der Waals surface area contributed by atoms with Crippen molar-refractivity contribution < 1.29 is 5.11 Å². The fraction of sp³-hybridized carbons (Fsp3) is 0.938. The number of nitrogens with one attached hydrogen (secondary N) is 2. The topological polar surface area (TPSA) is 56.7 Å². The van der Waals surface area contributed by atoms with Crippen LogP contribution >= 0.6 is 24.0 Å². The minimum atomic E-state index is -0.526. The minimum Gasteiger partial charge on any atom is -0.388 e. The predicted octanol–water partition coefficient (Wildman–Crippen LogP) is 3.04. The summed E-state index contributed by atoms with van der Waals surface area (Å²) in [7, 11) is 0. The minimum absolute atomic E-state index is 0. The average molecular weight is 409 g/mol.